The number of pyridine rings is 1. The summed E-state index contributed by atoms with van der Waals surface area (Å²) in [6, 6.07) is 8.31. The molecule has 0 radical (unpaired) electrons. The van der Waals surface area contributed by atoms with Crippen LogP contribution in [0.1, 0.15) is 38.2 Å². The number of aromatic nitrogens is 3. The molecule has 31 heavy (non-hydrogen) atoms. The number of alkyl halides is 1. The number of imidazole rings is 1. The molecule has 0 saturated carbocycles. The number of aryl methyl sites for hydroxylation is 1. The minimum Gasteiger partial charge on any atom is -0.331 e. The smallest absolute Gasteiger partial charge is 0.142 e. The van der Waals surface area contributed by atoms with E-state index in [1.54, 1.807) is 13.8 Å². The van der Waals surface area contributed by atoms with E-state index >= 15 is 0 Å². The van der Waals surface area contributed by atoms with Crippen LogP contribution < -0.4 is 0 Å². The Morgan fingerprint density at radius 3 is 2.52 bits per heavy atom. The summed E-state index contributed by atoms with van der Waals surface area (Å²) in [6.07, 6.45) is 5.68. The van der Waals surface area contributed by atoms with Crippen molar-refractivity contribution in [1.82, 2.24) is 19.4 Å². The standard InChI is InChI=1S/C25H31FN4O/c1-17-27-15-23(29(17)4)19-5-6-20-14-28-22(12-21(20)11-19)13-24(31)18-7-9-30(10-8-18)16-25(2,3)26/h5-6,11-12,14-15,18H,7-10,13,16H2,1-4H3. The predicted molar refractivity (Wildman–Crippen MR) is 122 cm³/mol. The monoisotopic (exact) mass is 422 g/mol. The molecule has 0 N–H and O–H groups in total. The molecule has 0 bridgehead atoms. The molecule has 2 aromatic heterocycles. The lowest BCUT2D eigenvalue weighted by Gasteiger charge is -2.33. The number of halogens is 1. The topological polar surface area (TPSA) is 51.0 Å². The van der Waals surface area contributed by atoms with Crippen molar-refractivity contribution in [3.05, 3.63) is 48.2 Å². The van der Waals surface area contributed by atoms with Crippen molar-refractivity contribution in [3.8, 4) is 11.3 Å². The highest BCUT2D eigenvalue weighted by atomic mass is 19.1. The van der Waals surface area contributed by atoms with E-state index in [0.717, 1.165) is 59.5 Å². The number of Topliss-reactive ketones (excluding diaryl/α,β-unsaturated/α-hetero) is 1. The lowest BCUT2D eigenvalue weighted by molar-refractivity contribution is -0.123. The van der Waals surface area contributed by atoms with Crippen LogP contribution >= 0.6 is 0 Å². The maximum absolute atomic E-state index is 13.9. The normalized spacial score (nSPS) is 16.2. The molecule has 4 rings (SSSR count). The molecular weight excluding hydrogens is 391 g/mol. The van der Waals surface area contributed by atoms with Crippen LogP contribution in [-0.4, -0.2) is 50.5 Å². The minimum atomic E-state index is -1.20. The van der Waals surface area contributed by atoms with Crippen molar-refractivity contribution >= 4 is 16.6 Å². The Hall–Kier alpha value is -2.60. The highest BCUT2D eigenvalue weighted by Gasteiger charge is 2.28. The SMILES string of the molecule is Cc1ncc(-c2ccc3cnc(CC(=O)C4CCN(CC(C)(C)F)CC4)cc3c2)n1C. The molecular formula is C25H31FN4O. The lowest BCUT2D eigenvalue weighted by atomic mass is 9.89. The molecule has 164 valence electrons. The van der Waals surface area contributed by atoms with Crippen LogP contribution in [-0.2, 0) is 18.3 Å². The fourth-order valence-corrected chi connectivity index (χ4v) is 4.48. The highest BCUT2D eigenvalue weighted by Crippen LogP contribution is 2.26. The van der Waals surface area contributed by atoms with Gasteiger partial charge in [0.2, 0.25) is 0 Å². The second-order valence-electron chi connectivity index (χ2n) is 9.40. The first-order valence-corrected chi connectivity index (χ1v) is 11.0. The zero-order chi connectivity index (χ0) is 22.2. The van der Waals surface area contributed by atoms with Crippen LogP contribution in [0.25, 0.3) is 22.0 Å². The average Bonchev–Trinajstić information content (AvgIpc) is 3.05. The summed E-state index contributed by atoms with van der Waals surface area (Å²) in [5.74, 6) is 1.25. The van der Waals surface area contributed by atoms with E-state index in [-0.39, 0.29) is 11.7 Å². The number of carbonyl (C=O) groups excluding carboxylic acids is 1. The first-order chi connectivity index (χ1) is 14.7. The molecule has 0 atom stereocenters. The van der Waals surface area contributed by atoms with Gasteiger partial charge in [-0.05, 0) is 64.2 Å². The van der Waals surface area contributed by atoms with Gasteiger partial charge in [-0.15, -0.1) is 0 Å². The molecule has 3 heterocycles. The van der Waals surface area contributed by atoms with Crippen molar-refractivity contribution in [2.75, 3.05) is 19.6 Å². The maximum atomic E-state index is 13.9. The molecule has 1 aliphatic rings. The number of nitrogens with zero attached hydrogens (tertiary/aromatic N) is 4. The van der Waals surface area contributed by atoms with Gasteiger partial charge in [0.25, 0.3) is 0 Å². The zero-order valence-corrected chi connectivity index (χ0v) is 18.9. The molecule has 1 fully saturated rings. The van der Waals surface area contributed by atoms with Crippen LogP contribution in [0.15, 0.2) is 36.7 Å². The van der Waals surface area contributed by atoms with Gasteiger partial charge in [0.05, 0.1) is 11.9 Å². The van der Waals surface area contributed by atoms with Crippen LogP contribution in [0.3, 0.4) is 0 Å². The predicted octanol–water partition coefficient (Wildman–Crippen LogP) is 4.52. The first-order valence-electron chi connectivity index (χ1n) is 11.0. The van der Waals surface area contributed by atoms with Crippen molar-refractivity contribution in [1.29, 1.82) is 0 Å². The quantitative estimate of drug-likeness (QED) is 0.586. The van der Waals surface area contributed by atoms with Gasteiger partial charge in [0.1, 0.15) is 17.3 Å². The van der Waals surface area contributed by atoms with Crippen LogP contribution in [0, 0.1) is 12.8 Å². The van der Waals surface area contributed by atoms with Crippen LogP contribution in [0.2, 0.25) is 0 Å². The number of likely N-dealkylation sites (tertiary alicyclic amines) is 1. The number of benzene rings is 1. The summed E-state index contributed by atoms with van der Waals surface area (Å²) in [5.41, 5.74) is 1.78. The summed E-state index contributed by atoms with van der Waals surface area (Å²) in [6.45, 7) is 7.19. The van der Waals surface area contributed by atoms with Gasteiger partial charge in [0.15, 0.2) is 0 Å². The fraction of sp³-hybridized carbons (Fsp3) is 0.480. The molecule has 1 aromatic carbocycles. The number of hydrogen-bond acceptors (Lipinski definition) is 4. The number of carbonyl (C=O) groups is 1. The molecule has 6 heteroatoms. The molecule has 5 nitrogen and oxygen atoms in total. The summed E-state index contributed by atoms with van der Waals surface area (Å²) < 4.78 is 16.0. The van der Waals surface area contributed by atoms with E-state index in [1.165, 1.54) is 0 Å². The van der Waals surface area contributed by atoms with Crippen molar-refractivity contribution in [2.24, 2.45) is 13.0 Å². The largest absolute Gasteiger partial charge is 0.331 e. The van der Waals surface area contributed by atoms with Gasteiger partial charge in [-0.1, -0.05) is 12.1 Å². The van der Waals surface area contributed by atoms with Gasteiger partial charge in [0, 0.05) is 48.8 Å². The molecule has 1 saturated heterocycles. The van der Waals surface area contributed by atoms with E-state index in [9.17, 15) is 9.18 Å². The molecule has 0 aliphatic carbocycles. The Morgan fingerprint density at radius 1 is 1.13 bits per heavy atom. The number of hydrogen-bond donors (Lipinski definition) is 0. The zero-order valence-electron chi connectivity index (χ0n) is 18.9. The van der Waals surface area contributed by atoms with Gasteiger partial charge < -0.3 is 9.47 Å². The summed E-state index contributed by atoms with van der Waals surface area (Å²) >= 11 is 0. The Bertz CT molecular complexity index is 1090. The molecule has 0 amide bonds. The van der Waals surface area contributed by atoms with Gasteiger partial charge in [-0.25, -0.2) is 9.37 Å². The van der Waals surface area contributed by atoms with Gasteiger partial charge in [-0.3, -0.25) is 9.78 Å². The summed E-state index contributed by atoms with van der Waals surface area (Å²) in [5, 5.41) is 2.13. The third kappa shape index (κ3) is 5.01. The van der Waals surface area contributed by atoms with E-state index in [0.29, 0.717) is 13.0 Å². The van der Waals surface area contributed by atoms with Gasteiger partial charge in [-0.2, -0.15) is 0 Å². The lowest BCUT2D eigenvalue weighted by Crippen LogP contribution is -2.42. The molecule has 0 unspecified atom stereocenters. The first kappa shape index (κ1) is 21.6. The Kier molecular flexibility index (Phi) is 5.93. The minimum absolute atomic E-state index is 0.0419. The van der Waals surface area contributed by atoms with Crippen molar-refractivity contribution in [3.63, 3.8) is 0 Å². The summed E-state index contributed by atoms with van der Waals surface area (Å²) in [7, 11) is 2.01. The van der Waals surface area contributed by atoms with Crippen molar-refractivity contribution in [2.45, 2.75) is 45.7 Å². The third-order valence-electron chi connectivity index (χ3n) is 6.29. The van der Waals surface area contributed by atoms with Crippen LogP contribution in [0.5, 0.6) is 0 Å². The average molecular weight is 423 g/mol. The molecule has 0 spiro atoms. The number of rotatable bonds is 6. The number of fused-ring (bicyclic) bond motifs is 1. The summed E-state index contributed by atoms with van der Waals surface area (Å²) in [4.78, 5) is 23.9. The fourth-order valence-electron chi connectivity index (χ4n) is 4.48. The van der Waals surface area contributed by atoms with E-state index < -0.39 is 5.67 Å². The Balaban J connectivity index is 1.45. The van der Waals surface area contributed by atoms with Crippen molar-refractivity contribution < 1.29 is 9.18 Å². The van der Waals surface area contributed by atoms with E-state index in [1.807, 2.05) is 32.4 Å². The second-order valence-corrected chi connectivity index (χ2v) is 9.40. The molecule has 1 aliphatic heterocycles. The van der Waals surface area contributed by atoms with Crippen LogP contribution in [0.4, 0.5) is 4.39 Å². The number of ketones is 1. The van der Waals surface area contributed by atoms with E-state index in [4.69, 9.17) is 0 Å². The van der Waals surface area contributed by atoms with Gasteiger partial charge >= 0.3 is 0 Å². The highest BCUT2D eigenvalue weighted by molar-refractivity contribution is 5.88. The molecule has 3 aromatic rings. The third-order valence-corrected chi connectivity index (χ3v) is 6.29. The Morgan fingerprint density at radius 2 is 1.87 bits per heavy atom. The maximum Gasteiger partial charge on any atom is 0.142 e. The second kappa shape index (κ2) is 8.50. The Labute approximate surface area is 183 Å². The number of piperidine rings is 1. The van der Waals surface area contributed by atoms with E-state index in [2.05, 4.69) is 37.6 Å².